The van der Waals surface area contributed by atoms with Gasteiger partial charge in [-0.15, -0.1) is 0 Å². The van der Waals surface area contributed by atoms with E-state index in [-0.39, 0.29) is 5.75 Å². The lowest BCUT2D eigenvalue weighted by Gasteiger charge is -2.16. The van der Waals surface area contributed by atoms with Gasteiger partial charge in [0.1, 0.15) is 11.5 Å². The number of hydrogen-bond donors (Lipinski definition) is 1. The normalized spacial score (nSPS) is 22.8. The number of ether oxygens (including phenoxy) is 1. The van der Waals surface area contributed by atoms with Gasteiger partial charge >= 0.3 is 0 Å². The van der Waals surface area contributed by atoms with Crippen LogP contribution in [-0.4, -0.2) is 25.0 Å². The number of hydrogen-bond acceptors (Lipinski definition) is 4. The van der Waals surface area contributed by atoms with Gasteiger partial charge in [-0.2, -0.15) is 8.78 Å². The van der Waals surface area contributed by atoms with Gasteiger partial charge in [-0.25, -0.2) is 0 Å². The molecule has 1 fully saturated rings. The van der Waals surface area contributed by atoms with Crippen molar-refractivity contribution in [1.29, 1.82) is 0 Å². The zero-order valence-electron chi connectivity index (χ0n) is 11.6. The minimum atomic E-state index is -2.35. The summed E-state index contributed by atoms with van der Waals surface area (Å²) in [6.07, 6.45) is 2.50. The maximum atomic E-state index is 12.1. The van der Waals surface area contributed by atoms with Crippen LogP contribution in [0.2, 0.25) is 0 Å². The molecule has 2 atom stereocenters. The summed E-state index contributed by atoms with van der Waals surface area (Å²) in [7, 11) is 0. The van der Waals surface area contributed by atoms with Crippen molar-refractivity contribution >= 4 is 11.8 Å². The second kappa shape index (κ2) is 8.00. The summed E-state index contributed by atoms with van der Waals surface area (Å²) < 4.78 is 35.3. The molecule has 1 aromatic rings. The molecule has 1 aliphatic rings. The number of halogens is 2. The van der Waals surface area contributed by atoms with Gasteiger partial charge in [0, 0.05) is 13.2 Å². The molecular weight excluding hydrogens is 284 g/mol. The van der Waals surface area contributed by atoms with Gasteiger partial charge in [-0.1, -0.05) is 18.7 Å². The SMILES string of the molecule is CCC1OCCC1CNCc1ccc(CSC(F)F)o1. The topological polar surface area (TPSA) is 34.4 Å². The van der Waals surface area contributed by atoms with Gasteiger partial charge in [-0.3, -0.25) is 0 Å². The summed E-state index contributed by atoms with van der Waals surface area (Å²) in [6.45, 7) is 4.52. The van der Waals surface area contributed by atoms with Gasteiger partial charge in [0.15, 0.2) is 0 Å². The second-order valence-electron chi connectivity index (χ2n) is 4.94. The number of nitrogens with one attached hydrogen (secondary N) is 1. The molecule has 1 N–H and O–H groups in total. The number of thioether (sulfide) groups is 1. The largest absolute Gasteiger partial charge is 0.464 e. The fourth-order valence-electron chi connectivity index (χ4n) is 2.50. The highest BCUT2D eigenvalue weighted by Gasteiger charge is 2.26. The summed E-state index contributed by atoms with van der Waals surface area (Å²) in [6, 6.07) is 3.61. The Balaban J connectivity index is 1.69. The predicted octanol–water partition coefficient (Wildman–Crippen LogP) is 3.64. The lowest BCUT2D eigenvalue weighted by Crippen LogP contribution is -2.27. The van der Waals surface area contributed by atoms with E-state index in [1.807, 2.05) is 6.07 Å². The van der Waals surface area contributed by atoms with E-state index in [1.165, 1.54) is 0 Å². The fraction of sp³-hybridized carbons (Fsp3) is 0.714. The van der Waals surface area contributed by atoms with Gasteiger partial charge in [0.05, 0.1) is 18.4 Å². The van der Waals surface area contributed by atoms with Crippen molar-refractivity contribution in [3.05, 3.63) is 23.7 Å². The van der Waals surface area contributed by atoms with E-state index in [0.717, 1.165) is 31.8 Å². The van der Waals surface area contributed by atoms with Gasteiger partial charge < -0.3 is 14.5 Å². The summed E-state index contributed by atoms with van der Waals surface area (Å²) in [5.41, 5.74) is 0. The minimum absolute atomic E-state index is 0.214. The average molecular weight is 305 g/mol. The highest BCUT2D eigenvalue weighted by molar-refractivity contribution is 7.98. The Morgan fingerprint density at radius 3 is 2.95 bits per heavy atom. The smallest absolute Gasteiger partial charge is 0.284 e. The van der Waals surface area contributed by atoms with Crippen molar-refractivity contribution in [3.8, 4) is 0 Å². The lowest BCUT2D eigenvalue weighted by atomic mass is 10.00. The number of rotatable bonds is 8. The molecule has 20 heavy (non-hydrogen) atoms. The Morgan fingerprint density at radius 2 is 2.20 bits per heavy atom. The molecule has 0 aromatic carbocycles. The monoisotopic (exact) mass is 305 g/mol. The Kier molecular flexibility index (Phi) is 6.32. The molecule has 0 saturated carbocycles. The highest BCUT2D eigenvalue weighted by Crippen LogP contribution is 2.23. The molecule has 2 heterocycles. The third-order valence-corrected chi connectivity index (χ3v) is 4.23. The quantitative estimate of drug-likeness (QED) is 0.795. The molecule has 0 radical (unpaired) electrons. The van der Waals surface area contributed by atoms with Crippen molar-refractivity contribution in [2.45, 2.75) is 43.9 Å². The first-order valence-corrected chi connectivity index (χ1v) is 8.03. The van der Waals surface area contributed by atoms with Crippen LogP contribution in [0.25, 0.3) is 0 Å². The van der Waals surface area contributed by atoms with Crippen LogP contribution in [0.5, 0.6) is 0 Å². The van der Waals surface area contributed by atoms with E-state index in [1.54, 1.807) is 6.07 Å². The summed E-state index contributed by atoms with van der Waals surface area (Å²) in [5.74, 6) is -0.185. The molecule has 1 saturated heterocycles. The van der Waals surface area contributed by atoms with Gasteiger partial charge in [-0.05, 0) is 30.9 Å². The molecule has 0 amide bonds. The van der Waals surface area contributed by atoms with Crippen molar-refractivity contribution in [1.82, 2.24) is 5.32 Å². The Hall–Kier alpha value is -0.590. The Bertz CT molecular complexity index is 400. The first-order valence-electron chi connectivity index (χ1n) is 6.98. The van der Waals surface area contributed by atoms with Crippen LogP contribution >= 0.6 is 11.8 Å². The van der Waals surface area contributed by atoms with Crippen LogP contribution < -0.4 is 5.32 Å². The zero-order chi connectivity index (χ0) is 14.4. The van der Waals surface area contributed by atoms with E-state index in [0.29, 0.717) is 36.1 Å². The zero-order valence-corrected chi connectivity index (χ0v) is 12.4. The molecule has 0 aliphatic carbocycles. The summed E-state index contributed by atoms with van der Waals surface area (Å²) in [4.78, 5) is 0. The molecule has 0 spiro atoms. The first-order chi connectivity index (χ1) is 9.69. The van der Waals surface area contributed by atoms with E-state index in [9.17, 15) is 8.78 Å². The van der Waals surface area contributed by atoms with E-state index in [4.69, 9.17) is 9.15 Å². The minimum Gasteiger partial charge on any atom is -0.464 e. The van der Waals surface area contributed by atoms with Crippen molar-refractivity contribution in [3.63, 3.8) is 0 Å². The summed E-state index contributed by atoms with van der Waals surface area (Å²) in [5, 5.41) is 3.36. The third-order valence-electron chi connectivity index (χ3n) is 3.52. The molecule has 1 aliphatic heterocycles. The number of furan rings is 1. The maximum Gasteiger partial charge on any atom is 0.284 e. The molecule has 2 unspecified atom stereocenters. The van der Waals surface area contributed by atoms with Crippen molar-refractivity contribution < 1.29 is 17.9 Å². The van der Waals surface area contributed by atoms with E-state index < -0.39 is 5.76 Å². The average Bonchev–Trinajstić information content (AvgIpc) is 3.05. The highest BCUT2D eigenvalue weighted by atomic mass is 32.2. The van der Waals surface area contributed by atoms with Gasteiger partial charge in [0.25, 0.3) is 5.76 Å². The molecular formula is C14H21F2NO2S. The van der Waals surface area contributed by atoms with E-state index in [2.05, 4.69) is 12.2 Å². The standard InChI is InChI=1S/C14H21F2NO2S/c1-2-13-10(5-6-18-13)7-17-8-11-3-4-12(19-11)9-20-14(15)16/h3-4,10,13-14,17H,2,5-9H2,1H3. The predicted molar refractivity (Wildman–Crippen MR) is 75.9 cm³/mol. The van der Waals surface area contributed by atoms with Crippen LogP contribution in [0.4, 0.5) is 8.78 Å². The van der Waals surface area contributed by atoms with Crippen LogP contribution in [0.15, 0.2) is 16.5 Å². The molecule has 3 nitrogen and oxygen atoms in total. The maximum absolute atomic E-state index is 12.1. The van der Waals surface area contributed by atoms with Crippen molar-refractivity contribution in [2.75, 3.05) is 13.2 Å². The molecule has 2 rings (SSSR count). The van der Waals surface area contributed by atoms with E-state index >= 15 is 0 Å². The summed E-state index contributed by atoms with van der Waals surface area (Å²) >= 11 is 0.581. The second-order valence-corrected chi connectivity index (χ2v) is 5.92. The van der Waals surface area contributed by atoms with Crippen LogP contribution in [0, 0.1) is 5.92 Å². The molecule has 1 aromatic heterocycles. The molecule has 0 bridgehead atoms. The van der Waals surface area contributed by atoms with Crippen molar-refractivity contribution in [2.24, 2.45) is 5.92 Å². The van der Waals surface area contributed by atoms with Crippen LogP contribution in [-0.2, 0) is 17.0 Å². The number of alkyl halides is 2. The lowest BCUT2D eigenvalue weighted by molar-refractivity contribution is 0.0871. The first kappa shape index (κ1) is 15.8. The Morgan fingerprint density at radius 1 is 1.40 bits per heavy atom. The van der Waals surface area contributed by atoms with Crippen LogP contribution in [0.3, 0.4) is 0 Å². The molecule has 114 valence electrons. The molecule has 6 heteroatoms. The Labute approximate surface area is 122 Å². The van der Waals surface area contributed by atoms with Gasteiger partial charge in [0.2, 0.25) is 0 Å². The fourth-order valence-corrected chi connectivity index (χ4v) is 2.94. The van der Waals surface area contributed by atoms with Crippen LogP contribution in [0.1, 0.15) is 31.3 Å². The third kappa shape index (κ3) is 4.75.